The zero-order valence-corrected chi connectivity index (χ0v) is 11.4. The molecule has 0 aliphatic carbocycles. The summed E-state index contributed by atoms with van der Waals surface area (Å²) >= 11 is 0. The van der Waals surface area contributed by atoms with E-state index in [4.69, 9.17) is 0 Å². The second kappa shape index (κ2) is 6.13. The van der Waals surface area contributed by atoms with E-state index in [1.54, 1.807) is 0 Å². The van der Waals surface area contributed by atoms with Gasteiger partial charge >= 0.3 is 5.69 Å². The summed E-state index contributed by atoms with van der Waals surface area (Å²) in [6.07, 6.45) is 0.654. The number of nitro benzene ring substituents is 1. The normalized spacial score (nSPS) is 14.6. The van der Waals surface area contributed by atoms with Crippen molar-refractivity contribution >= 4 is 11.6 Å². The van der Waals surface area contributed by atoms with Crippen LogP contribution in [0.3, 0.4) is 0 Å². The highest BCUT2D eigenvalue weighted by molar-refractivity contribution is 5.95. The second-order valence-corrected chi connectivity index (χ2v) is 4.85. The lowest BCUT2D eigenvalue weighted by Gasteiger charge is -2.38. The Kier molecular flexibility index (Phi) is 4.46. The predicted octanol–water partition coefficient (Wildman–Crippen LogP) is 1.70. The maximum atomic E-state index is 14.1. The molecule has 1 aliphatic rings. The van der Waals surface area contributed by atoms with Crippen LogP contribution in [0.5, 0.6) is 0 Å². The van der Waals surface area contributed by atoms with Crippen molar-refractivity contribution < 1.29 is 18.5 Å². The summed E-state index contributed by atoms with van der Waals surface area (Å²) in [4.78, 5) is 23.5. The molecule has 8 heteroatoms. The molecule has 0 aromatic heterocycles. The van der Waals surface area contributed by atoms with Crippen LogP contribution in [0.25, 0.3) is 0 Å². The number of benzene rings is 1. The van der Waals surface area contributed by atoms with Crippen LogP contribution in [-0.4, -0.2) is 41.4 Å². The van der Waals surface area contributed by atoms with Crippen LogP contribution in [0.1, 0.15) is 23.7 Å². The minimum atomic E-state index is -1.29. The molecule has 114 valence electrons. The van der Waals surface area contributed by atoms with Crippen molar-refractivity contribution in [2.75, 3.05) is 19.6 Å². The first kappa shape index (κ1) is 15.3. The van der Waals surface area contributed by atoms with Gasteiger partial charge in [0.2, 0.25) is 5.82 Å². The molecule has 0 bridgehead atoms. The molecule has 1 fully saturated rings. The van der Waals surface area contributed by atoms with E-state index < -0.39 is 33.7 Å². The summed E-state index contributed by atoms with van der Waals surface area (Å²) in [6, 6.07) is 1.08. The largest absolute Gasteiger partial charge is 0.333 e. The molecule has 0 atom stereocenters. The van der Waals surface area contributed by atoms with Crippen molar-refractivity contribution in [1.29, 1.82) is 0 Å². The number of nitro groups is 1. The van der Waals surface area contributed by atoms with Gasteiger partial charge in [0.05, 0.1) is 22.6 Å². The van der Waals surface area contributed by atoms with Gasteiger partial charge in [0, 0.05) is 19.6 Å². The molecule has 0 radical (unpaired) electrons. The zero-order chi connectivity index (χ0) is 15.6. The van der Waals surface area contributed by atoms with Crippen LogP contribution >= 0.6 is 0 Å². The highest BCUT2D eigenvalue weighted by Crippen LogP contribution is 2.24. The molecule has 2 rings (SSSR count). The molecular weight excluding hydrogens is 284 g/mol. The van der Waals surface area contributed by atoms with Gasteiger partial charge in [-0.15, -0.1) is 0 Å². The van der Waals surface area contributed by atoms with Crippen LogP contribution in [0.15, 0.2) is 12.1 Å². The topological polar surface area (TPSA) is 75.5 Å². The first-order chi connectivity index (χ1) is 9.95. The van der Waals surface area contributed by atoms with Gasteiger partial charge in [0.1, 0.15) is 5.82 Å². The molecular formula is C13H15F2N3O3. The van der Waals surface area contributed by atoms with E-state index in [1.165, 1.54) is 4.90 Å². The molecule has 1 aromatic carbocycles. The number of nitrogens with one attached hydrogen (secondary N) is 1. The first-order valence-electron chi connectivity index (χ1n) is 6.60. The van der Waals surface area contributed by atoms with Crippen LogP contribution in [-0.2, 0) is 0 Å². The molecule has 0 unspecified atom stereocenters. The number of amides is 1. The molecule has 1 heterocycles. The van der Waals surface area contributed by atoms with Crippen molar-refractivity contribution in [2.45, 2.75) is 19.4 Å². The third-order valence-corrected chi connectivity index (χ3v) is 3.37. The standard InChI is InChI=1S/C13H15F2N3O3/c1-2-3-17(9-6-16-7-9)13(19)10-4-8(14)5-11(12(10)15)18(20)21/h4-5,9,16H,2-3,6-7H2,1H3. The maximum absolute atomic E-state index is 14.1. The van der Waals surface area contributed by atoms with Gasteiger partial charge in [0.25, 0.3) is 5.91 Å². The number of rotatable bonds is 5. The smallest absolute Gasteiger partial charge is 0.308 e. The second-order valence-electron chi connectivity index (χ2n) is 4.85. The molecule has 1 aliphatic heterocycles. The molecule has 0 spiro atoms. The van der Waals surface area contributed by atoms with Crippen molar-refractivity contribution in [3.63, 3.8) is 0 Å². The van der Waals surface area contributed by atoms with Gasteiger partial charge < -0.3 is 10.2 Å². The average Bonchev–Trinajstić information content (AvgIpc) is 2.37. The van der Waals surface area contributed by atoms with Gasteiger partial charge in [0.15, 0.2) is 0 Å². The van der Waals surface area contributed by atoms with Crippen LogP contribution < -0.4 is 5.32 Å². The number of halogens is 2. The van der Waals surface area contributed by atoms with Crippen LogP contribution in [0, 0.1) is 21.7 Å². The van der Waals surface area contributed by atoms with E-state index in [2.05, 4.69) is 5.32 Å². The fourth-order valence-corrected chi connectivity index (χ4v) is 2.20. The van der Waals surface area contributed by atoms with E-state index in [9.17, 15) is 23.7 Å². The highest BCUT2D eigenvalue weighted by atomic mass is 19.1. The Balaban J connectivity index is 2.39. The molecule has 1 saturated heterocycles. The number of hydrogen-bond acceptors (Lipinski definition) is 4. The summed E-state index contributed by atoms with van der Waals surface area (Å²) in [5.74, 6) is -3.02. The summed E-state index contributed by atoms with van der Waals surface area (Å²) in [6.45, 7) is 3.39. The molecule has 1 aromatic rings. The Morgan fingerprint density at radius 2 is 2.14 bits per heavy atom. The fourth-order valence-electron chi connectivity index (χ4n) is 2.20. The number of carbonyl (C=O) groups is 1. The van der Waals surface area contributed by atoms with E-state index in [0.29, 0.717) is 38.2 Å². The Bertz CT molecular complexity index is 576. The monoisotopic (exact) mass is 299 g/mol. The SMILES string of the molecule is CCCN(C(=O)c1cc(F)cc([N+](=O)[O-])c1F)C1CNC1. The van der Waals surface area contributed by atoms with Gasteiger partial charge in [-0.1, -0.05) is 6.92 Å². The number of carbonyl (C=O) groups excluding carboxylic acids is 1. The highest BCUT2D eigenvalue weighted by Gasteiger charge is 2.32. The third kappa shape index (κ3) is 2.99. The summed E-state index contributed by atoms with van der Waals surface area (Å²) in [5, 5.41) is 13.7. The summed E-state index contributed by atoms with van der Waals surface area (Å²) in [7, 11) is 0. The molecule has 6 nitrogen and oxygen atoms in total. The minimum absolute atomic E-state index is 0.0980. The van der Waals surface area contributed by atoms with Crippen molar-refractivity contribution in [3.8, 4) is 0 Å². The summed E-state index contributed by atoms with van der Waals surface area (Å²) < 4.78 is 27.5. The molecule has 1 N–H and O–H groups in total. The van der Waals surface area contributed by atoms with Gasteiger partial charge in [-0.05, 0) is 12.5 Å². The average molecular weight is 299 g/mol. The first-order valence-corrected chi connectivity index (χ1v) is 6.60. The Hall–Kier alpha value is -2.09. The van der Waals surface area contributed by atoms with E-state index in [1.807, 2.05) is 6.92 Å². The van der Waals surface area contributed by atoms with Crippen LogP contribution in [0.2, 0.25) is 0 Å². The maximum Gasteiger partial charge on any atom is 0.308 e. The van der Waals surface area contributed by atoms with E-state index in [-0.39, 0.29) is 6.04 Å². The Labute approximate surface area is 119 Å². The lowest BCUT2D eigenvalue weighted by atomic mass is 10.1. The lowest BCUT2D eigenvalue weighted by molar-refractivity contribution is -0.387. The minimum Gasteiger partial charge on any atom is -0.333 e. The zero-order valence-electron chi connectivity index (χ0n) is 11.4. The lowest BCUT2D eigenvalue weighted by Crippen LogP contribution is -2.59. The quantitative estimate of drug-likeness (QED) is 0.663. The predicted molar refractivity (Wildman–Crippen MR) is 71.0 cm³/mol. The Morgan fingerprint density at radius 3 is 2.62 bits per heavy atom. The van der Waals surface area contributed by atoms with Gasteiger partial charge in [-0.25, -0.2) is 4.39 Å². The molecule has 21 heavy (non-hydrogen) atoms. The molecule has 0 saturated carbocycles. The summed E-state index contributed by atoms with van der Waals surface area (Å²) in [5.41, 5.74) is -1.62. The number of nitrogens with zero attached hydrogens (tertiary/aromatic N) is 2. The van der Waals surface area contributed by atoms with Crippen LogP contribution in [0.4, 0.5) is 14.5 Å². The Morgan fingerprint density at radius 1 is 1.48 bits per heavy atom. The van der Waals surface area contributed by atoms with E-state index >= 15 is 0 Å². The molecule has 1 amide bonds. The fraction of sp³-hybridized carbons (Fsp3) is 0.462. The number of hydrogen-bond donors (Lipinski definition) is 1. The van der Waals surface area contributed by atoms with E-state index in [0.717, 1.165) is 0 Å². The van der Waals surface area contributed by atoms with Crippen molar-refractivity contribution in [1.82, 2.24) is 10.2 Å². The third-order valence-electron chi connectivity index (χ3n) is 3.37. The van der Waals surface area contributed by atoms with Crippen molar-refractivity contribution in [3.05, 3.63) is 39.4 Å². The van der Waals surface area contributed by atoms with Crippen molar-refractivity contribution in [2.24, 2.45) is 0 Å². The van der Waals surface area contributed by atoms with Gasteiger partial charge in [-0.3, -0.25) is 14.9 Å². The van der Waals surface area contributed by atoms with Gasteiger partial charge in [-0.2, -0.15) is 4.39 Å².